The molecule has 0 spiro atoms. The van der Waals surface area contributed by atoms with E-state index in [1.807, 2.05) is 6.07 Å². The zero-order valence-corrected chi connectivity index (χ0v) is 13.9. The summed E-state index contributed by atoms with van der Waals surface area (Å²) in [6.45, 7) is 4.28. The summed E-state index contributed by atoms with van der Waals surface area (Å²) in [4.78, 5) is 6.47. The minimum Gasteiger partial charge on any atom is -0.383 e. The second-order valence-corrected chi connectivity index (χ2v) is 6.49. The summed E-state index contributed by atoms with van der Waals surface area (Å²) in [7, 11) is 0. The minimum absolute atomic E-state index is 0.492. The lowest BCUT2D eigenvalue weighted by atomic mass is 10.1. The van der Waals surface area contributed by atoms with E-state index < -0.39 is 0 Å². The molecule has 2 heterocycles. The third-order valence-corrected chi connectivity index (χ3v) is 4.99. The van der Waals surface area contributed by atoms with Gasteiger partial charge in [-0.3, -0.25) is 5.43 Å². The molecule has 22 heavy (non-hydrogen) atoms. The van der Waals surface area contributed by atoms with E-state index in [0.717, 1.165) is 29.2 Å². The van der Waals surface area contributed by atoms with Gasteiger partial charge < -0.3 is 10.6 Å². The fourth-order valence-electron chi connectivity index (χ4n) is 2.59. The summed E-state index contributed by atoms with van der Waals surface area (Å²) in [6.07, 6.45) is 4.21. The summed E-state index contributed by atoms with van der Waals surface area (Å²) < 4.78 is 0. The minimum atomic E-state index is 0.492. The number of rotatable bonds is 4. The molecule has 1 aromatic carbocycles. The molecular weight excluding hydrogens is 318 g/mol. The van der Waals surface area contributed by atoms with E-state index in [9.17, 15) is 0 Å². The molecule has 116 valence electrons. The van der Waals surface area contributed by atoms with Gasteiger partial charge in [0.05, 0.1) is 11.2 Å². The predicted octanol–water partition coefficient (Wildman–Crippen LogP) is 3.73. The molecular formula is C15H18ClN5S. The van der Waals surface area contributed by atoms with Crippen LogP contribution in [0.5, 0.6) is 0 Å². The Labute approximate surface area is 138 Å². The molecule has 0 radical (unpaired) electrons. The van der Waals surface area contributed by atoms with Gasteiger partial charge in [0.25, 0.3) is 0 Å². The Morgan fingerprint density at radius 2 is 2.18 bits per heavy atom. The van der Waals surface area contributed by atoms with Crippen LogP contribution in [0, 0.1) is 6.92 Å². The van der Waals surface area contributed by atoms with Crippen molar-refractivity contribution in [1.82, 2.24) is 4.98 Å². The number of nitrogens with zero attached hydrogens (tertiary/aromatic N) is 3. The lowest BCUT2D eigenvalue weighted by Crippen LogP contribution is -2.18. The number of nitrogens with one attached hydrogen (secondary N) is 1. The highest BCUT2D eigenvalue weighted by Gasteiger charge is 2.16. The fourth-order valence-corrected chi connectivity index (χ4v) is 3.35. The van der Waals surface area contributed by atoms with E-state index in [-0.39, 0.29) is 0 Å². The second-order valence-electron chi connectivity index (χ2n) is 5.25. The highest BCUT2D eigenvalue weighted by Crippen LogP contribution is 2.31. The molecule has 1 fully saturated rings. The molecule has 3 rings (SSSR count). The Kier molecular flexibility index (Phi) is 4.49. The quantitative estimate of drug-likeness (QED) is 0.660. The van der Waals surface area contributed by atoms with Crippen LogP contribution >= 0.6 is 22.9 Å². The summed E-state index contributed by atoms with van der Waals surface area (Å²) in [6, 6.07) is 4.12. The molecule has 3 N–H and O–H groups in total. The molecule has 2 aromatic rings. The first-order valence-electron chi connectivity index (χ1n) is 7.19. The van der Waals surface area contributed by atoms with Crippen molar-refractivity contribution in [2.24, 2.45) is 5.10 Å². The van der Waals surface area contributed by atoms with Gasteiger partial charge in [-0.2, -0.15) is 5.10 Å². The number of hydrogen-bond acceptors (Lipinski definition) is 6. The van der Waals surface area contributed by atoms with Crippen molar-refractivity contribution in [3.8, 4) is 0 Å². The van der Waals surface area contributed by atoms with Gasteiger partial charge in [-0.1, -0.05) is 11.6 Å². The molecule has 5 nitrogen and oxygen atoms in total. The normalized spacial score (nSPS) is 14.9. The Balaban J connectivity index is 1.75. The second kappa shape index (κ2) is 6.54. The van der Waals surface area contributed by atoms with Crippen molar-refractivity contribution in [2.75, 3.05) is 29.1 Å². The first-order valence-corrected chi connectivity index (χ1v) is 8.45. The summed E-state index contributed by atoms with van der Waals surface area (Å²) in [5.41, 5.74) is 11.6. The van der Waals surface area contributed by atoms with Crippen molar-refractivity contribution in [3.63, 3.8) is 0 Å². The van der Waals surface area contributed by atoms with Gasteiger partial charge in [0.15, 0.2) is 0 Å². The Hall–Kier alpha value is -1.79. The van der Waals surface area contributed by atoms with E-state index in [2.05, 4.69) is 33.4 Å². The maximum atomic E-state index is 6.48. The standard InChI is InChI=1S/C15H18ClN5S/c1-10-12(21-6-2-3-7-21)5-4-11(14(10)16)8-18-20-15-19-13(17)9-22-15/h4-5,8-9H,2-3,6-7,17H2,1H3,(H,19,20). The number of thiazole rings is 1. The van der Waals surface area contributed by atoms with Gasteiger partial charge in [0, 0.05) is 29.7 Å². The van der Waals surface area contributed by atoms with Gasteiger partial charge in [-0.25, -0.2) is 4.98 Å². The van der Waals surface area contributed by atoms with Gasteiger partial charge in [0.1, 0.15) is 5.82 Å². The zero-order valence-electron chi connectivity index (χ0n) is 12.3. The number of nitrogen functional groups attached to an aromatic ring is 1. The summed E-state index contributed by atoms with van der Waals surface area (Å²) in [5, 5.41) is 7.34. The maximum Gasteiger partial charge on any atom is 0.205 e. The topological polar surface area (TPSA) is 66.5 Å². The monoisotopic (exact) mass is 335 g/mol. The highest BCUT2D eigenvalue weighted by molar-refractivity contribution is 7.14. The molecule has 1 saturated heterocycles. The summed E-state index contributed by atoms with van der Waals surface area (Å²) in [5.74, 6) is 0.492. The molecule has 0 atom stereocenters. The Bertz CT molecular complexity index is 691. The molecule has 7 heteroatoms. The number of hydrazone groups is 1. The van der Waals surface area contributed by atoms with Gasteiger partial charge in [-0.05, 0) is 37.5 Å². The zero-order chi connectivity index (χ0) is 15.5. The molecule has 1 aliphatic heterocycles. The number of nitrogens with two attached hydrogens (primary N) is 1. The van der Waals surface area contributed by atoms with Crippen LogP contribution < -0.4 is 16.1 Å². The third kappa shape index (κ3) is 3.18. The molecule has 0 bridgehead atoms. The van der Waals surface area contributed by atoms with Crippen LogP contribution in [0.1, 0.15) is 24.0 Å². The number of hydrogen-bond donors (Lipinski definition) is 2. The Morgan fingerprint density at radius 1 is 1.41 bits per heavy atom. The first-order chi connectivity index (χ1) is 10.6. The number of aromatic nitrogens is 1. The smallest absolute Gasteiger partial charge is 0.205 e. The number of halogens is 1. The van der Waals surface area contributed by atoms with Crippen molar-refractivity contribution >= 4 is 45.8 Å². The van der Waals surface area contributed by atoms with Crippen LogP contribution in [0.25, 0.3) is 0 Å². The molecule has 0 unspecified atom stereocenters. The lowest BCUT2D eigenvalue weighted by Gasteiger charge is -2.21. The third-order valence-electron chi connectivity index (χ3n) is 3.72. The lowest BCUT2D eigenvalue weighted by molar-refractivity contribution is 0.949. The summed E-state index contributed by atoms with van der Waals surface area (Å²) >= 11 is 7.89. The highest BCUT2D eigenvalue weighted by atomic mass is 35.5. The SMILES string of the molecule is Cc1c(N2CCCC2)ccc(C=NNc2nc(N)cs2)c1Cl. The van der Waals surface area contributed by atoms with Crippen LogP contribution in [-0.4, -0.2) is 24.3 Å². The van der Waals surface area contributed by atoms with Crippen LogP contribution in [0.4, 0.5) is 16.6 Å². The van der Waals surface area contributed by atoms with Crippen molar-refractivity contribution < 1.29 is 0 Å². The molecule has 0 amide bonds. The van der Waals surface area contributed by atoms with Gasteiger partial charge in [-0.15, -0.1) is 11.3 Å². The Morgan fingerprint density at radius 3 is 2.86 bits per heavy atom. The number of benzene rings is 1. The molecule has 0 aliphatic carbocycles. The van der Waals surface area contributed by atoms with Crippen LogP contribution in [0.3, 0.4) is 0 Å². The van der Waals surface area contributed by atoms with Crippen LogP contribution in [0.2, 0.25) is 5.02 Å². The van der Waals surface area contributed by atoms with Crippen LogP contribution in [0.15, 0.2) is 22.6 Å². The number of anilines is 3. The van der Waals surface area contributed by atoms with E-state index in [4.69, 9.17) is 17.3 Å². The van der Waals surface area contributed by atoms with Gasteiger partial charge >= 0.3 is 0 Å². The van der Waals surface area contributed by atoms with E-state index in [0.29, 0.717) is 10.9 Å². The average molecular weight is 336 g/mol. The fraction of sp³-hybridized carbons (Fsp3) is 0.333. The van der Waals surface area contributed by atoms with E-state index >= 15 is 0 Å². The van der Waals surface area contributed by atoms with Crippen molar-refractivity contribution in [3.05, 3.63) is 33.7 Å². The average Bonchev–Trinajstić information content (AvgIpc) is 3.15. The molecule has 0 saturated carbocycles. The van der Waals surface area contributed by atoms with E-state index in [1.165, 1.54) is 29.9 Å². The van der Waals surface area contributed by atoms with Crippen molar-refractivity contribution in [1.29, 1.82) is 0 Å². The van der Waals surface area contributed by atoms with Crippen molar-refractivity contribution in [2.45, 2.75) is 19.8 Å². The maximum absolute atomic E-state index is 6.48. The van der Waals surface area contributed by atoms with E-state index in [1.54, 1.807) is 11.6 Å². The van der Waals surface area contributed by atoms with Gasteiger partial charge in [0.2, 0.25) is 5.13 Å². The predicted molar refractivity (Wildman–Crippen MR) is 95.4 cm³/mol. The van der Waals surface area contributed by atoms with Crippen LogP contribution in [-0.2, 0) is 0 Å². The first kappa shape index (κ1) is 15.1. The molecule has 1 aromatic heterocycles. The molecule has 1 aliphatic rings. The largest absolute Gasteiger partial charge is 0.383 e.